The lowest BCUT2D eigenvalue weighted by Crippen LogP contribution is -2.36. The topological polar surface area (TPSA) is 64.0 Å². The first-order valence-electron chi connectivity index (χ1n) is 7.67. The van der Waals surface area contributed by atoms with E-state index in [-0.39, 0.29) is 17.5 Å². The zero-order valence-electron chi connectivity index (χ0n) is 13.8. The minimum absolute atomic E-state index is 0.0827. The van der Waals surface area contributed by atoms with E-state index in [2.05, 4.69) is 24.1 Å². The molecule has 0 spiro atoms. The summed E-state index contributed by atoms with van der Waals surface area (Å²) in [7, 11) is 0. The maximum atomic E-state index is 12.3. The van der Waals surface area contributed by atoms with Crippen LogP contribution in [0.1, 0.15) is 43.7 Å². The maximum Gasteiger partial charge on any atom is 0.272 e. The number of hydrogen-bond acceptors (Lipinski definition) is 3. The Morgan fingerprint density at radius 1 is 1.32 bits per heavy atom. The number of amides is 1. The fourth-order valence-electron chi connectivity index (χ4n) is 2.29. The van der Waals surface area contributed by atoms with Crippen molar-refractivity contribution in [2.75, 3.05) is 0 Å². The molecule has 1 atom stereocenters. The summed E-state index contributed by atoms with van der Waals surface area (Å²) in [5, 5.41) is 2.98. The summed E-state index contributed by atoms with van der Waals surface area (Å²) in [5.74, 6) is 0.256. The molecule has 0 unspecified atom stereocenters. The van der Waals surface area contributed by atoms with Crippen LogP contribution in [0.5, 0.6) is 0 Å². The lowest BCUT2D eigenvalue weighted by atomic mass is 10.1. The third-order valence-corrected chi connectivity index (χ3v) is 4.05. The van der Waals surface area contributed by atoms with Crippen LogP contribution in [0.4, 0.5) is 0 Å². The zero-order valence-corrected chi connectivity index (χ0v) is 13.8. The highest BCUT2D eigenvalue weighted by Gasteiger charge is 2.14. The molecule has 0 aliphatic carbocycles. The molecule has 0 aliphatic rings. The molecule has 2 rings (SSSR count). The van der Waals surface area contributed by atoms with E-state index < -0.39 is 0 Å². The fraction of sp³-hybridized carbons (Fsp3) is 0.471. The van der Waals surface area contributed by atoms with Gasteiger partial charge in [-0.3, -0.25) is 9.59 Å². The smallest absolute Gasteiger partial charge is 0.272 e. The van der Waals surface area contributed by atoms with Gasteiger partial charge in [-0.05, 0) is 44.9 Å². The van der Waals surface area contributed by atoms with Crippen molar-refractivity contribution in [3.8, 4) is 0 Å². The van der Waals surface area contributed by atoms with Crippen LogP contribution in [0.2, 0.25) is 0 Å². The van der Waals surface area contributed by atoms with E-state index in [4.69, 9.17) is 0 Å². The molecule has 0 fully saturated rings. The van der Waals surface area contributed by atoms with Gasteiger partial charge in [-0.2, -0.15) is 0 Å². The Bertz CT molecular complexity index is 762. The molecule has 5 heteroatoms. The van der Waals surface area contributed by atoms with Crippen molar-refractivity contribution in [3.05, 3.63) is 39.8 Å². The highest BCUT2D eigenvalue weighted by Crippen LogP contribution is 2.14. The second-order valence-corrected chi connectivity index (χ2v) is 5.96. The molecule has 5 nitrogen and oxygen atoms in total. The van der Waals surface area contributed by atoms with Gasteiger partial charge in [-0.1, -0.05) is 13.8 Å². The number of nitrogens with zero attached hydrogens (tertiary/aromatic N) is 2. The first kappa shape index (κ1) is 16.2. The van der Waals surface area contributed by atoms with Gasteiger partial charge in [0.1, 0.15) is 5.69 Å². The van der Waals surface area contributed by atoms with Crippen LogP contribution in [0.25, 0.3) is 11.0 Å². The van der Waals surface area contributed by atoms with Crippen molar-refractivity contribution in [2.45, 2.75) is 47.2 Å². The Labute approximate surface area is 130 Å². The lowest BCUT2D eigenvalue weighted by Gasteiger charge is -2.17. The molecule has 2 aromatic rings. The summed E-state index contributed by atoms with van der Waals surface area (Å²) >= 11 is 0. The summed E-state index contributed by atoms with van der Waals surface area (Å²) in [5.41, 5.74) is 2.35. The van der Waals surface area contributed by atoms with Crippen LogP contribution < -0.4 is 10.9 Å². The van der Waals surface area contributed by atoms with Gasteiger partial charge in [-0.25, -0.2) is 4.98 Å². The number of carbonyl (C=O) groups excluding carboxylic acids is 1. The van der Waals surface area contributed by atoms with Gasteiger partial charge >= 0.3 is 0 Å². The quantitative estimate of drug-likeness (QED) is 0.943. The van der Waals surface area contributed by atoms with E-state index in [0.29, 0.717) is 29.2 Å². The Morgan fingerprint density at radius 3 is 2.59 bits per heavy atom. The first-order valence-corrected chi connectivity index (χ1v) is 7.67. The molecule has 22 heavy (non-hydrogen) atoms. The third-order valence-electron chi connectivity index (χ3n) is 4.05. The minimum atomic E-state index is -0.114. The van der Waals surface area contributed by atoms with Crippen LogP contribution >= 0.6 is 0 Å². The van der Waals surface area contributed by atoms with Crippen LogP contribution in [-0.4, -0.2) is 21.5 Å². The summed E-state index contributed by atoms with van der Waals surface area (Å²) in [4.78, 5) is 28.7. The maximum absolute atomic E-state index is 12.3. The van der Waals surface area contributed by atoms with E-state index in [1.54, 1.807) is 29.7 Å². The molecule has 1 amide bonds. The average Bonchev–Trinajstić information content (AvgIpc) is 2.47. The van der Waals surface area contributed by atoms with Crippen molar-refractivity contribution < 1.29 is 4.79 Å². The predicted octanol–water partition coefficient (Wildman–Crippen LogP) is 2.50. The van der Waals surface area contributed by atoms with Gasteiger partial charge in [0, 0.05) is 18.2 Å². The molecule has 0 saturated heterocycles. The van der Waals surface area contributed by atoms with E-state index in [0.717, 1.165) is 5.52 Å². The number of benzene rings is 1. The van der Waals surface area contributed by atoms with E-state index in [1.165, 1.54) is 0 Å². The molecule has 1 heterocycles. The van der Waals surface area contributed by atoms with Gasteiger partial charge in [0.05, 0.1) is 11.0 Å². The average molecular weight is 301 g/mol. The fourth-order valence-corrected chi connectivity index (χ4v) is 2.29. The molecular formula is C17H23N3O2. The highest BCUT2D eigenvalue weighted by atomic mass is 16.1. The number of fused-ring (bicyclic) bond motifs is 1. The van der Waals surface area contributed by atoms with Crippen LogP contribution in [0, 0.1) is 12.8 Å². The summed E-state index contributed by atoms with van der Waals surface area (Å²) < 4.78 is 1.68. The van der Waals surface area contributed by atoms with Gasteiger partial charge < -0.3 is 9.88 Å². The second kappa shape index (κ2) is 6.30. The van der Waals surface area contributed by atoms with Gasteiger partial charge in [0.2, 0.25) is 0 Å². The monoisotopic (exact) mass is 301 g/mol. The molecule has 118 valence electrons. The molecular weight excluding hydrogens is 278 g/mol. The summed E-state index contributed by atoms with van der Waals surface area (Å²) in [6, 6.07) is 5.38. The largest absolute Gasteiger partial charge is 0.349 e. The van der Waals surface area contributed by atoms with Crippen molar-refractivity contribution in [3.63, 3.8) is 0 Å². The first-order chi connectivity index (χ1) is 10.3. The molecule has 1 N–H and O–H groups in total. The van der Waals surface area contributed by atoms with E-state index in [9.17, 15) is 9.59 Å². The predicted molar refractivity (Wildman–Crippen MR) is 88.2 cm³/mol. The molecule has 1 aromatic carbocycles. The summed E-state index contributed by atoms with van der Waals surface area (Å²) in [6.45, 7) is 10.3. The van der Waals surface area contributed by atoms with Gasteiger partial charge in [0.25, 0.3) is 11.5 Å². The van der Waals surface area contributed by atoms with Crippen molar-refractivity contribution >= 4 is 16.9 Å². The Balaban J connectivity index is 2.45. The Morgan fingerprint density at radius 2 is 2.00 bits per heavy atom. The Kier molecular flexibility index (Phi) is 4.64. The van der Waals surface area contributed by atoms with Crippen molar-refractivity contribution in [2.24, 2.45) is 5.92 Å². The minimum Gasteiger partial charge on any atom is -0.349 e. The number of hydrogen-bond donors (Lipinski definition) is 1. The summed E-state index contributed by atoms with van der Waals surface area (Å²) in [6.07, 6.45) is 0. The third kappa shape index (κ3) is 3.03. The number of aromatic nitrogens is 2. The number of rotatable bonds is 4. The molecule has 0 saturated carbocycles. The van der Waals surface area contributed by atoms with E-state index >= 15 is 0 Å². The van der Waals surface area contributed by atoms with Crippen molar-refractivity contribution in [1.29, 1.82) is 0 Å². The zero-order chi connectivity index (χ0) is 16.4. The Hall–Kier alpha value is -2.17. The van der Waals surface area contributed by atoms with Crippen molar-refractivity contribution in [1.82, 2.24) is 14.9 Å². The second-order valence-electron chi connectivity index (χ2n) is 5.96. The molecule has 1 aromatic heterocycles. The number of nitrogens with one attached hydrogen (secondary N) is 1. The van der Waals surface area contributed by atoms with Gasteiger partial charge in [0.15, 0.2) is 0 Å². The molecule has 0 radical (unpaired) electrons. The lowest BCUT2D eigenvalue weighted by molar-refractivity contribution is 0.0930. The standard InChI is InChI=1S/C17H23N3O2/c1-6-20-15-8-7-13(16(21)19-11(4)10(2)3)9-14(15)18-12(5)17(20)22/h7-11H,6H2,1-5H3,(H,19,21)/t11-/m0/s1. The number of carbonyl (C=O) groups is 1. The number of aryl methyl sites for hydroxylation is 2. The normalized spacial score (nSPS) is 12.6. The van der Waals surface area contributed by atoms with E-state index in [1.807, 2.05) is 13.8 Å². The van der Waals surface area contributed by atoms with Crippen LogP contribution in [-0.2, 0) is 6.54 Å². The van der Waals surface area contributed by atoms with Crippen LogP contribution in [0.15, 0.2) is 23.0 Å². The highest BCUT2D eigenvalue weighted by molar-refractivity contribution is 5.97. The molecule has 0 bridgehead atoms. The SMILES string of the molecule is CCn1c(=O)c(C)nc2cc(C(=O)N[C@@H](C)C(C)C)ccc21. The van der Waals surface area contributed by atoms with Crippen LogP contribution in [0.3, 0.4) is 0 Å². The molecule has 0 aliphatic heterocycles. The van der Waals surface area contributed by atoms with Gasteiger partial charge in [-0.15, -0.1) is 0 Å².